The van der Waals surface area contributed by atoms with Crippen LogP contribution in [0.5, 0.6) is 11.5 Å². The Balaban J connectivity index is 1.50. The van der Waals surface area contributed by atoms with E-state index in [9.17, 15) is 8.42 Å². The third-order valence-electron chi connectivity index (χ3n) is 5.69. The van der Waals surface area contributed by atoms with Gasteiger partial charge in [-0.25, -0.2) is 23.4 Å². The molecule has 3 aromatic rings. The zero-order valence-corrected chi connectivity index (χ0v) is 19.3. The van der Waals surface area contributed by atoms with E-state index in [4.69, 9.17) is 9.47 Å². The van der Waals surface area contributed by atoms with Crippen molar-refractivity contribution in [1.82, 2.24) is 23.8 Å². The molecular formula is C21H26N6O4S. The molecule has 1 aromatic carbocycles. The number of rotatable bonds is 6. The van der Waals surface area contributed by atoms with E-state index in [1.54, 1.807) is 12.4 Å². The van der Waals surface area contributed by atoms with Gasteiger partial charge in [-0.05, 0) is 26.0 Å². The van der Waals surface area contributed by atoms with Crippen LogP contribution in [0.4, 0.5) is 5.82 Å². The van der Waals surface area contributed by atoms with E-state index in [0.717, 1.165) is 23.0 Å². The van der Waals surface area contributed by atoms with Crippen LogP contribution in [0.1, 0.15) is 11.4 Å². The van der Waals surface area contributed by atoms with Crippen LogP contribution in [-0.4, -0.2) is 72.6 Å². The highest BCUT2D eigenvalue weighted by atomic mass is 32.2. The number of hydrogen-bond donors (Lipinski definition) is 0. The summed E-state index contributed by atoms with van der Waals surface area (Å²) in [6.45, 7) is 5.67. The summed E-state index contributed by atoms with van der Waals surface area (Å²) in [6.07, 6.45) is 3.26. The number of nitrogens with zero attached hydrogens (tertiary/aromatic N) is 6. The number of aryl methyl sites for hydroxylation is 1. The van der Waals surface area contributed by atoms with Crippen molar-refractivity contribution < 1.29 is 17.9 Å². The molecule has 0 spiro atoms. The van der Waals surface area contributed by atoms with Gasteiger partial charge in [0.15, 0.2) is 11.5 Å². The van der Waals surface area contributed by atoms with Gasteiger partial charge in [-0.15, -0.1) is 0 Å². The highest BCUT2D eigenvalue weighted by molar-refractivity contribution is 7.89. The lowest BCUT2D eigenvalue weighted by molar-refractivity contribution is 0.353. The molecule has 0 N–H and O–H groups in total. The Labute approximate surface area is 187 Å². The van der Waals surface area contributed by atoms with E-state index in [-0.39, 0.29) is 4.90 Å². The van der Waals surface area contributed by atoms with E-state index < -0.39 is 10.0 Å². The molecule has 0 saturated carbocycles. The third-order valence-corrected chi connectivity index (χ3v) is 7.59. The van der Waals surface area contributed by atoms with Crippen LogP contribution in [0.2, 0.25) is 0 Å². The molecule has 1 saturated heterocycles. The maximum Gasteiger partial charge on any atom is 0.243 e. The minimum absolute atomic E-state index is 0.180. The van der Waals surface area contributed by atoms with Gasteiger partial charge >= 0.3 is 0 Å². The Bertz CT molecular complexity index is 1220. The first kappa shape index (κ1) is 22.0. The summed E-state index contributed by atoms with van der Waals surface area (Å²) in [5.74, 6) is 2.35. The van der Waals surface area contributed by atoms with E-state index in [1.165, 1.54) is 37.0 Å². The van der Waals surface area contributed by atoms with Crippen molar-refractivity contribution in [3.63, 3.8) is 0 Å². The van der Waals surface area contributed by atoms with Crippen molar-refractivity contribution >= 4 is 15.8 Å². The fourth-order valence-electron chi connectivity index (χ4n) is 3.66. The Hall–Kier alpha value is -3.18. The summed E-state index contributed by atoms with van der Waals surface area (Å²) < 4.78 is 40.2. The number of ether oxygens (including phenoxy) is 2. The normalized spacial score (nSPS) is 15.1. The molecule has 0 unspecified atom stereocenters. The lowest BCUT2D eigenvalue weighted by atomic mass is 10.3. The van der Waals surface area contributed by atoms with Crippen LogP contribution in [0, 0.1) is 13.8 Å². The second-order valence-corrected chi connectivity index (χ2v) is 9.37. The lowest BCUT2D eigenvalue weighted by Gasteiger charge is -2.34. The quantitative estimate of drug-likeness (QED) is 0.551. The number of aromatic nitrogens is 4. The molecule has 1 aliphatic heterocycles. The van der Waals surface area contributed by atoms with Gasteiger partial charge in [0, 0.05) is 44.0 Å². The van der Waals surface area contributed by atoms with Crippen molar-refractivity contribution in [3.8, 4) is 17.3 Å². The smallest absolute Gasteiger partial charge is 0.243 e. The SMILES string of the molecule is COc1ccc(S(=O)(=O)N2CCN(c3cc(-n4cnc(C)c4C)ncn3)CC2)cc1OC. The first-order valence-electron chi connectivity index (χ1n) is 10.1. The number of piperazine rings is 1. The van der Waals surface area contributed by atoms with Crippen LogP contribution < -0.4 is 14.4 Å². The second kappa shape index (κ2) is 8.75. The molecule has 1 fully saturated rings. The highest BCUT2D eigenvalue weighted by Gasteiger charge is 2.30. The van der Waals surface area contributed by atoms with Gasteiger partial charge in [0.05, 0.1) is 24.8 Å². The minimum atomic E-state index is -3.65. The summed E-state index contributed by atoms with van der Waals surface area (Å²) >= 11 is 0. The maximum absolute atomic E-state index is 13.2. The second-order valence-electron chi connectivity index (χ2n) is 7.43. The molecule has 32 heavy (non-hydrogen) atoms. The first-order valence-corrected chi connectivity index (χ1v) is 11.6. The van der Waals surface area contributed by atoms with Crippen LogP contribution in [-0.2, 0) is 10.0 Å². The number of hydrogen-bond acceptors (Lipinski definition) is 8. The standard InChI is InChI=1S/C21H26N6O4S/c1-15-16(2)27(14-24-15)21-12-20(22-13-23-21)25-7-9-26(10-8-25)32(28,29)17-5-6-18(30-3)19(11-17)31-4/h5-6,11-14H,7-10H2,1-4H3. The zero-order chi connectivity index (χ0) is 22.9. The van der Waals surface area contributed by atoms with Gasteiger partial charge in [0.2, 0.25) is 10.0 Å². The average Bonchev–Trinajstić information content (AvgIpc) is 3.16. The van der Waals surface area contributed by atoms with Crippen molar-refractivity contribution in [2.75, 3.05) is 45.3 Å². The molecule has 0 aliphatic carbocycles. The Kier molecular flexibility index (Phi) is 6.02. The number of benzene rings is 1. The van der Waals surface area contributed by atoms with Crippen molar-refractivity contribution in [2.45, 2.75) is 18.7 Å². The van der Waals surface area contributed by atoms with Gasteiger partial charge < -0.3 is 14.4 Å². The highest BCUT2D eigenvalue weighted by Crippen LogP contribution is 2.31. The summed E-state index contributed by atoms with van der Waals surface area (Å²) in [6, 6.07) is 6.53. The maximum atomic E-state index is 13.2. The predicted molar refractivity (Wildman–Crippen MR) is 119 cm³/mol. The predicted octanol–water partition coefficient (Wildman–Crippen LogP) is 1.81. The Morgan fingerprint density at radius 2 is 1.56 bits per heavy atom. The molecule has 170 valence electrons. The van der Waals surface area contributed by atoms with Crippen LogP contribution in [0.25, 0.3) is 5.82 Å². The number of methoxy groups -OCH3 is 2. The van der Waals surface area contributed by atoms with Gasteiger partial charge in [0.1, 0.15) is 24.3 Å². The first-order chi connectivity index (χ1) is 15.3. The van der Waals surface area contributed by atoms with Gasteiger partial charge in [0.25, 0.3) is 0 Å². The summed E-state index contributed by atoms with van der Waals surface area (Å²) in [5, 5.41) is 0. The van der Waals surface area contributed by atoms with Crippen LogP contribution in [0.3, 0.4) is 0 Å². The molecule has 0 bridgehead atoms. The van der Waals surface area contributed by atoms with Crippen LogP contribution in [0.15, 0.2) is 41.8 Å². The zero-order valence-electron chi connectivity index (χ0n) is 18.5. The summed E-state index contributed by atoms with van der Waals surface area (Å²) in [4.78, 5) is 15.3. The van der Waals surface area contributed by atoms with Gasteiger partial charge in [-0.1, -0.05) is 0 Å². The number of anilines is 1. The molecule has 1 aliphatic rings. The molecule has 0 atom stereocenters. The minimum Gasteiger partial charge on any atom is -0.493 e. The molecule has 4 rings (SSSR count). The van der Waals surface area contributed by atoms with E-state index >= 15 is 0 Å². The Morgan fingerprint density at radius 1 is 0.875 bits per heavy atom. The molecule has 10 nitrogen and oxygen atoms in total. The third kappa shape index (κ3) is 4.00. The van der Waals surface area contributed by atoms with Crippen molar-refractivity contribution in [1.29, 1.82) is 0 Å². The fraction of sp³-hybridized carbons (Fsp3) is 0.381. The Morgan fingerprint density at radius 3 is 2.19 bits per heavy atom. The van der Waals surface area contributed by atoms with Gasteiger partial charge in [-0.2, -0.15) is 4.31 Å². The van der Waals surface area contributed by atoms with E-state index in [2.05, 4.69) is 19.9 Å². The monoisotopic (exact) mass is 458 g/mol. The molecule has 3 heterocycles. The number of sulfonamides is 1. The lowest BCUT2D eigenvalue weighted by Crippen LogP contribution is -2.49. The van der Waals surface area contributed by atoms with E-state index in [1.807, 2.05) is 24.5 Å². The van der Waals surface area contributed by atoms with Gasteiger partial charge in [-0.3, -0.25) is 4.57 Å². The largest absolute Gasteiger partial charge is 0.493 e. The molecule has 2 aromatic heterocycles. The average molecular weight is 459 g/mol. The number of imidazole rings is 1. The van der Waals surface area contributed by atoms with Crippen molar-refractivity contribution in [2.24, 2.45) is 0 Å². The summed E-state index contributed by atoms with van der Waals surface area (Å²) in [5.41, 5.74) is 1.96. The fourth-order valence-corrected chi connectivity index (χ4v) is 5.09. The van der Waals surface area contributed by atoms with Crippen molar-refractivity contribution in [3.05, 3.63) is 48.3 Å². The topological polar surface area (TPSA) is 103 Å². The molecule has 0 radical (unpaired) electrons. The van der Waals surface area contributed by atoms with E-state index in [0.29, 0.717) is 37.7 Å². The summed E-state index contributed by atoms with van der Waals surface area (Å²) in [7, 11) is -0.659. The molecular weight excluding hydrogens is 432 g/mol. The molecule has 0 amide bonds. The van der Waals surface area contributed by atoms with Crippen LogP contribution >= 0.6 is 0 Å². The molecule has 11 heteroatoms.